The summed E-state index contributed by atoms with van der Waals surface area (Å²) in [4.78, 5) is 38.0. The summed E-state index contributed by atoms with van der Waals surface area (Å²) >= 11 is 5.03. The van der Waals surface area contributed by atoms with Crippen LogP contribution in [-0.2, 0) is 14.4 Å². The minimum Gasteiger partial charge on any atom is -0.479 e. The van der Waals surface area contributed by atoms with Crippen LogP contribution in [0.5, 0.6) is 5.75 Å². The molecule has 24 heavy (non-hydrogen) atoms. The molecule has 1 aliphatic heterocycles. The molecule has 0 spiro atoms. The number of para-hydroxylation sites is 1. The molecule has 0 unspecified atom stereocenters. The summed E-state index contributed by atoms with van der Waals surface area (Å²) < 4.78 is 5.37. The molecule has 0 radical (unpaired) electrons. The van der Waals surface area contributed by atoms with Gasteiger partial charge in [0.1, 0.15) is 11.3 Å². The second kappa shape index (κ2) is 6.79. The van der Waals surface area contributed by atoms with Gasteiger partial charge in [-0.1, -0.05) is 18.2 Å². The highest BCUT2D eigenvalue weighted by molar-refractivity contribution is 7.80. The van der Waals surface area contributed by atoms with Crippen molar-refractivity contribution in [3.05, 3.63) is 35.4 Å². The molecule has 126 valence electrons. The van der Waals surface area contributed by atoms with Crippen LogP contribution in [0.25, 0.3) is 6.08 Å². The van der Waals surface area contributed by atoms with E-state index >= 15 is 0 Å². The van der Waals surface area contributed by atoms with Crippen LogP contribution >= 0.6 is 12.2 Å². The minimum atomic E-state index is -1.12. The molecule has 1 N–H and O–H groups in total. The number of carbonyl (C=O) groups is 3. The summed E-state index contributed by atoms with van der Waals surface area (Å²) in [5, 5.41) is 9.08. The molecule has 0 saturated carbocycles. The van der Waals surface area contributed by atoms with Crippen LogP contribution in [0.4, 0.5) is 0 Å². The van der Waals surface area contributed by atoms with Gasteiger partial charge in [-0.2, -0.15) is 0 Å². The fraction of sp³-hybridized carbons (Fsp3) is 0.250. The lowest BCUT2D eigenvalue weighted by Crippen LogP contribution is -2.52. The van der Waals surface area contributed by atoms with E-state index < -0.39 is 23.9 Å². The van der Waals surface area contributed by atoms with Gasteiger partial charge in [0.05, 0.1) is 0 Å². The molecule has 8 heteroatoms. The van der Waals surface area contributed by atoms with Gasteiger partial charge in [-0.25, -0.2) is 4.79 Å². The maximum atomic E-state index is 12.3. The predicted octanol–water partition coefficient (Wildman–Crippen LogP) is 1.14. The fourth-order valence-corrected chi connectivity index (χ4v) is 2.24. The van der Waals surface area contributed by atoms with Gasteiger partial charge in [-0.3, -0.25) is 19.4 Å². The summed E-state index contributed by atoms with van der Waals surface area (Å²) in [6.07, 6.45) is 0.309. The van der Waals surface area contributed by atoms with Crippen LogP contribution in [-0.4, -0.2) is 58.0 Å². The Morgan fingerprint density at radius 1 is 1.21 bits per heavy atom. The Hall–Kier alpha value is -2.74. The van der Waals surface area contributed by atoms with Crippen LogP contribution < -0.4 is 4.74 Å². The zero-order chi connectivity index (χ0) is 18.0. The van der Waals surface area contributed by atoms with Gasteiger partial charge >= 0.3 is 5.97 Å². The Bertz CT molecular complexity index is 733. The van der Waals surface area contributed by atoms with Crippen molar-refractivity contribution in [3.63, 3.8) is 0 Å². The average molecular weight is 348 g/mol. The Morgan fingerprint density at radius 2 is 1.75 bits per heavy atom. The lowest BCUT2D eigenvalue weighted by molar-refractivity contribution is -0.144. The Kier molecular flexibility index (Phi) is 4.99. The third-order valence-electron chi connectivity index (χ3n) is 3.51. The molecule has 1 heterocycles. The number of likely N-dealkylation sites (N-methyl/N-ethyl adjacent to an activating group) is 2. The van der Waals surface area contributed by atoms with Gasteiger partial charge in [0.25, 0.3) is 11.8 Å². The molecule has 1 atom stereocenters. The van der Waals surface area contributed by atoms with Gasteiger partial charge in [0.15, 0.2) is 11.2 Å². The van der Waals surface area contributed by atoms with Gasteiger partial charge < -0.3 is 9.84 Å². The molecule has 1 aromatic carbocycles. The van der Waals surface area contributed by atoms with E-state index in [2.05, 4.69) is 0 Å². The van der Waals surface area contributed by atoms with Crippen molar-refractivity contribution in [1.82, 2.24) is 9.80 Å². The number of carboxylic acids is 1. The highest BCUT2D eigenvalue weighted by Gasteiger charge is 2.35. The first-order chi connectivity index (χ1) is 11.2. The standard InChI is InChI=1S/C16H16N2O5S/c1-9(15(21)22)23-12-7-5-4-6-10(12)8-11-13(19)17(2)16(24)18(3)14(11)20/h4-9H,1-3H3,(H,21,22)/t9-/m1/s1. The second-order valence-corrected chi connectivity index (χ2v) is 5.57. The monoisotopic (exact) mass is 348 g/mol. The zero-order valence-electron chi connectivity index (χ0n) is 13.3. The SMILES string of the molecule is C[C@@H](Oc1ccccc1C=C1C(=O)N(C)C(=S)N(C)C1=O)C(=O)O. The largest absolute Gasteiger partial charge is 0.479 e. The van der Waals surface area contributed by atoms with Crippen LogP contribution in [0.3, 0.4) is 0 Å². The predicted molar refractivity (Wildman–Crippen MR) is 90.3 cm³/mol. The highest BCUT2D eigenvalue weighted by atomic mass is 32.1. The van der Waals surface area contributed by atoms with E-state index in [4.69, 9.17) is 22.1 Å². The normalized spacial score (nSPS) is 16.3. The Morgan fingerprint density at radius 3 is 2.29 bits per heavy atom. The van der Waals surface area contributed by atoms with Gasteiger partial charge in [0, 0.05) is 19.7 Å². The highest BCUT2D eigenvalue weighted by Crippen LogP contribution is 2.25. The second-order valence-electron chi connectivity index (χ2n) is 5.21. The van der Waals surface area contributed by atoms with Gasteiger partial charge in [-0.15, -0.1) is 0 Å². The van der Waals surface area contributed by atoms with Crippen molar-refractivity contribution in [3.8, 4) is 5.75 Å². The number of carboxylic acid groups (broad SMARTS) is 1. The maximum absolute atomic E-state index is 12.3. The van der Waals surface area contributed by atoms with Crippen molar-refractivity contribution >= 4 is 41.2 Å². The number of hydrogen-bond acceptors (Lipinski definition) is 5. The Labute approximate surface area is 144 Å². The van der Waals surface area contributed by atoms with Gasteiger partial charge in [0.2, 0.25) is 0 Å². The van der Waals surface area contributed by atoms with Crippen LogP contribution in [0.15, 0.2) is 29.8 Å². The molecule has 0 aliphatic carbocycles. The van der Waals surface area contributed by atoms with E-state index in [0.29, 0.717) is 5.56 Å². The molecule has 0 aromatic heterocycles. The third-order valence-corrected chi connectivity index (χ3v) is 4.06. The smallest absolute Gasteiger partial charge is 0.344 e. The first kappa shape index (κ1) is 17.6. The molecule has 7 nitrogen and oxygen atoms in total. The molecule has 2 rings (SSSR count). The lowest BCUT2D eigenvalue weighted by atomic mass is 10.1. The number of carbonyl (C=O) groups excluding carboxylic acids is 2. The summed E-state index contributed by atoms with van der Waals surface area (Å²) in [5.74, 6) is -1.90. The quantitative estimate of drug-likeness (QED) is 0.499. The molecule has 0 bridgehead atoms. The van der Waals surface area contributed by atoms with E-state index in [1.54, 1.807) is 24.3 Å². The number of benzene rings is 1. The molecule has 2 amide bonds. The number of nitrogens with zero attached hydrogens (tertiary/aromatic N) is 2. The summed E-state index contributed by atoms with van der Waals surface area (Å²) in [7, 11) is 2.96. The molecule has 1 aromatic rings. The molecule has 1 aliphatic rings. The van der Waals surface area contributed by atoms with E-state index in [0.717, 1.165) is 0 Å². The number of ether oxygens (including phenoxy) is 1. The fourth-order valence-electron chi connectivity index (χ4n) is 2.08. The van der Waals surface area contributed by atoms with E-state index in [9.17, 15) is 14.4 Å². The van der Waals surface area contributed by atoms with E-state index in [-0.39, 0.29) is 16.4 Å². The molecular formula is C16H16N2O5S. The number of aliphatic carboxylic acids is 1. The first-order valence-electron chi connectivity index (χ1n) is 7.04. The van der Waals surface area contributed by atoms with Gasteiger partial charge in [-0.05, 0) is 31.3 Å². The lowest BCUT2D eigenvalue weighted by Gasteiger charge is -2.31. The molecular weight excluding hydrogens is 332 g/mol. The van der Waals surface area contributed by atoms with Crippen LogP contribution in [0, 0.1) is 0 Å². The van der Waals surface area contributed by atoms with Crippen molar-refractivity contribution in [1.29, 1.82) is 0 Å². The Balaban J connectivity index is 2.44. The number of hydrogen-bond donors (Lipinski definition) is 1. The average Bonchev–Trinajstić information content (AvgIpc) is 2.56. The van der Waals surface area contributed by atoms with Crippen LogP contribution in [0.1, 0.15) is 12.5 Å². The number of rotatable bonds is 4. The van der Waals surface area contributed by atoms with Crippen LogP contribution in [0.2, 0.25) is 0 Å². The molecule has 1 fully saturated rings. The first-order valence-corrected chi connectivity index (χ1v) is 7.45. The van der Waals surface area contributed by atoms with Crippen molar-refractivity contribution < 1.29 is 24.2 Å². The van der Waals surface area contributed by atoms with E-state index in [1.807, 2.05) is 0 Å². The van der Waals surface area contributed by atoms with E-state index in [1.165, 1.54) is 36.9 Å². The van der Waals surface area contributed by atoms with Crippen molar-refractivity contribution in [2.75, 3.05) is 14.1 Å². The summed E-state index contributed by atoms with van der Waals surface area (Å²) in [6.45, 7) is 1.39. The number of amides is 2. The van der Waals surface area contributed by atoms with Crippen molar-refractivity contribution in [2.45, 2.75) is 13.0 Å². The summed E-state index contributed by atoms with van der Waals surface area (Å²) in [5.41, 5.74) is 0.351. The zero-order valence-corrected chi connectivity index (χ0v) is 14.2. The third kappa shape index (κ3) is 3.28. The maximum Gasteiger partial charge on any atom is 0.344 e. The topological polar surface area (TPSA) is 87.2 Å². The minimum absolute atomic E-state index is 0.0763. The molecule has 1 saturated heterocycles. The summed E-state index contributed by atoms with van der Waals surface area (Å²) in [6, 6.07) is 6.57. The number of thiocarbonyl (C=S) groups is 1. The van der Waals surface area contributed by atoms with Crippen molar-refractivity contribution in [2.24, 2.45) is 0 Å².